The standard InChI is InChI=1S/C23H26FN7O/c1-23(2,3)18-9-19(32-30-18)27-11-26-17-7-4-13(8-16(17)24)15-10-31(14-5-6-14)22-20(15)21(25)28-12-29-22/h4,7-10,12,14,26-27H,5-6,11H2,1-3H3,(H2,25,28,29). The summed E-state index contributed by atoms with van der Waals surface area (Å²) in [6.45, 7) is 6.47. The average Bonchev–Trinajstić information content (AvgIpc) is 3.32. The van der Waals surface area contributed by atoms with Crippen molar-refractivity contribution in [3.63, 3.8) is 0 Å². The molecule has 1 aliphatic rings. The number of aromatic nitrogens is 4. The molecule has 5 rings (SSSR count). The third-order valence-electron chi connectivity index (χ3n) is 5.68. The molecule has 1 aromatic carbocycles. The van der Waals surface area contributed by atoms with Gasteiger partial charge in [-0.25, -0.2) is 14.4 Å². The van der Waals surface area contributed by atoms with E-state index in [0.717, 1.165) is 40.7 Å². The topological polar surface area (TPSA) is 107 Å². The molecular weight excluding hydrogens is 409 g/mol. The lowest BCUT2D eigenvalue weighted by Gasteiger charge is -2.12. The summed E-state index contributed by atoms with van der Waals surface area (Å²) in [7, 11) is 0. The van der Waals surface area contributed by atoms with Gasteiger partial charge in [0.25, 0.3) is 0 Å². The number of benzene rings is 1. The van der Waals surface area contributed by atoms with Gasteiger partial charge in [0.2, 0.25) is 5.88 Å². The Morgan fingerprint density at radius 3 is 2.69 bits per heavy atom. The van der Waals surface area contributed by atoms with Gasteiger partial charge in [-0.3, -0.25) is 0 Å². The van der Waals surface area contributed by atoms with Crippen LogP contribution in [0.15, 0.2) is 41.3 Å². The van der Waals surface area contributed by atoms with Gasteiger partial charge in [-0.05, 0) is 30.5 Å². The van der Waals surface area contributed by atoms with Crippen molar-refractivity contribution in [3.8, 4) is 11.1 Å². The van der Waals surface area contributed by atoms with E-state index in [4.69, 9.17) is 10.3 Å². The molecule has 1 saturated carbocycles. The quantitative estimate of drug-likeness (QED) is 0.369. The highest BCUT2D eigenvalue weighted by Gasteiger charge is 2.28. The average molecular weight is 436 g/mol. The van der Waals surface area contributed by atoms with Crippen LogP contribution in [0.4, 0.5) is 21.8 Å². The Bertz CT molecular complexity index is 1280. The number of nitrogens with zero attached hydrogens (tertiary/aromatic N) is 4. The fourth-order valence-corrected chi connectivity index (χ4v) is 3.72. The first kappa shape index (κ1) is 20.3. The Hall–Kier alpha value is -3.62. The van der Waals surface area contributed by atoms with Crippen molar-refractivity contribution in [1.29, 1.82) is 0 Å². The third-order valence-corrected chi connectivity index (χ3v) is 5.68. The molecule has 3 heterocycles. The minimum atomic E-state index is -0.361. The lowest BCUT2D eigenvalue weighted by Crippen LogP contribution is -2.13. The van der Waals surface area contributed by atoms with E-state index < -0.39 is 0 Å². The van der Waals surface area contributed by atoms with E-state index in [0.29, 0.717) is 23.4 Å². The molecule has 32 heavy (non-hydrogen) atoms. The van der Waals surface area contributed by atoms with Crippen LogP contribution >= 0.6 is 0 Å². The number of nitrogen functional groups attached to an aromatic ring is 1. The van der Waals surface area contributed by atoms with Crippen molar-refractivity contribution < 1.29 is 8.91 Å². The molecule has 0 aliphatic heterocycles. The van der Waals surface area contributed by atoms with Gasteiger partial charge in [0.05, 0.1) is 23.4 Å². The SMILES string of the molecule is CC(C)(C)c1cc(NCNc2ccc(-c3cn(C4CC4)c4ncnc(N)c34)cc2F)on1. The van der Waals surface area contributed by atoms with Crippen LogP contribution in [0.25, 0.3) is 22.2 Å². The van der Waals surface area contributed by atoms with Crippen LogP contribution < -0.4 is 16.4 Å². The van der Waals surface area contributed by atoms with Crippen molar-refractivity contribution in [3.05, 3.63) is 48.3 Å². The summed E-state index contributed by atoms with van der Waals surface area (Å²) < 4.78 is 22.3. The van der Waals surface area contributed by atoms with Gasteiger partial charge in [0.15, 0.2) is 0 Å². The van der Waals surface area contributed by atoms with Crippen molar-refractivity contribution in [1.82, 2.24) is 19.7 Å². The van der Waals surface area contributed by atoms with Gasteiger partial charge in [0, 0.05) is 29.3 Å². The van der Waals surface area contributed by atoms with E-state index in [1.165, 1.54) is 12.4 Å². The molecule has 0 saturated heterocycles. The molecule has 4 aromatic rings. The molecule has 0 atom stereocenters. The van der Waals surface area contributed by atoms with Gasteiger partial charge < -0.3 is 25.5 Å². The van der Waals surface area contributed by atoms with Crippen molar-refractivity contribution >= 4 is 28.4 Å². The van der Waals surface area contributed by atoms with Crippen LogP contribution in [0.5, 0.6) is 0 Å². The second kappa shape index (κ2) is 7.51. The first-order chi connectivity index (χ1) is 15.3. The van der Waals surface area contributed by atoms with E-state index in [9.17, 15) is 4.39 Å². The Morgan fingerprint density at radius 2 is 2.00 bits per heavy atom. The number of halogens is 1. The monoisotopic (exact) mass is 435 g/mol. The fraction of sp³-hybridized carbons (Fsp3) is 0.348. The van der Waals surface area contributed by atoms with E-state index in [-0.39, 0.29) is 17.9 Å². The second-order valence-corrected chi connectivity index (χ2v) is 9.19. The Kier molecular flexibility index (Phi) is 4.76. The highest BCUT2D eigenvalue weighted by Crippen LogP contribution is 2.42. The lowest BCUT2D eigenvalue weighted by molar-refractivity contribution is 0.403. The van der Waals surface area contributed by atoms with Crippen LogP contribution in [0.2, 0.25) is 0 Å². The second-order valence-electron chi connectivity index (χ2n) is 9.19. The summed E-state index contributed by atoms with van der Waals surface area (Å²) in [4.78, 5) is 8.56. The smallest absolute Gasteiger partial charge is 0.226 e. The van der Waals surface area contributed by atoms with E-state index in [2.05, 4.69) is 51.1 Å². The van der Waals surface area contributed by atoms with Crippen molar-refractivity contribution in [2.75, 3.05) is 23.0 Å². The zero-order valence-corrected chi connectivity index (χ0v) is 18.3. The number of hydrogen-bond donors (Lipinski definition) is 3. The Morgan fingerprint density at radius 1 is 1.19 bits per heavy atom. The molecule has 0 bridgehead atoms. The van der Waals surface area contributed by atoms with E-state index in [1.807, 2.05) is 18.3 Å². The molecule has 1 aliphatic carbocycles. The van der Waals surface area contributed by atoms with E-state index in [1.54, 1.807) is 6.07 Å². The highest BCUT2D eigenvalue weighted by atomic mass is 19.1. The largest absolute Gasteiger partial charge is 0.383 e. The molecule has 4 N–H and O–H groups in total. The summed E-state index contributed by atoms with van der Waals surface area (Å²) in [5.41, 5.74) is 9.65. The predicted molar refractivity (Wildman–Crippen MR) is 123 cm³/mol. The molecule has 166 valence electrons. The highest BCUT2D eigenvalue weighted by molar-refractivity contribution is 6.00. The first-order valence-corrected chi connectivity index (χ1v) is 10.7. The zero-order valence-electron chi connectivity index (χ0n) is 18.3. The molecule has 0 amide bonds. The molecule has 0 unspecified atom stereocenters. The van der Waals surface area contributed by atoms with Gasteiger partial charge in [-0.15, -0.1) is 0 Å². The number of nitrogens with one attached hydrogen (secondary N) is 2. The number of hydrogen-bond acceptors (Lipinski definition) is 7. The minimum absolute atomic E-state index is 0.101. The Labute approximate surface area is 185 Å². The van der Waals surface area contributed by atoms with Gasteiger partial charge >= 0.3 is 0 Å². The molecular formula is C23H26FN7O. The predicted octanol–water partition coefficient (Wildman–Crippen LogP) is 4.92. The minimum Gasteiger partial charge on any atom is -0.383 e. The number of nitrogens with two attached hydrogens (primary N) is 1. The Balaban J connectivity index is 1.34. The van der Waals surface area contributed by atoms with Crippen LogP contribution in [0.3, 0.4) is 0 Å². The fourth-order valence-electron chi connectivity index (χ4n) is 3.72. The number of anilines is 3. The van der Waals surface area contributed by atoms with Crippen LogP contribution in [0, 0.1) is 5.82 Å². The van der Waals surface area contributed by atoms with Crippen LogP contribution in [-0.4, -0.2) is 26.4 Å². The molecule has 0 radical (unpaired) electrons. The maximum absolute atomic E-state index is 14.9. The summed E-state index contributed by atoms with van der Waals surface area (Å²) in [5, 5.41) is 10.9. The molecule has 0 spiro atoms. The first-order valence-electron chi connectivity index (χ1n) is 10.7. The summed E-state index contributed by atoms with van der Waals surface area (Å²) >= 11 is 0. The summed E-state index contributed by atoms with van der Waals surface area (Å²) in [5.74, 6) is 0.570. The summed E-state index contributed by atoms with van der Waals surface area (Å²) in [6, 6.07) is 7.37. The molecule has 1 fully saturated rings. The van der Waals surface area contributed by atoms with Crippen LogP contribution in [0.1, 0.15) is 45.3 Å². The van der Waals surface area contributed by atoms with Crippen molar-refractivity contribution in [2.24, 2.45) is 0 Å². The van der Waals surface area contributed by atoms with Gasteiger partial charge in [-0.1, -0.05) is 32.0 Å². The van der Waals surface area contributed by atoms with Gasteiger partial charge in [0.1, 0.15) is 23.6 Å². The third kappa shape index (κ3) is 3.74. The van der Waals surface area contributed by atoms with Crippen LogP contribution in [-0.2, 0) is 5.41 Å². The molecule has 3 aromatic heterocycles. The maximum Gasteiger partial charge on any atom is 0.226 e. The molecule has 9 heteroatoms. The normalized spacial score (nSPS) is 14.1. The van der Waals surface area contributed by atoms with Gasteiger partial charge in [-0.2, -0.15) is 0 Å². The summed E-state index contributed by atoms with van der Waals surface area (Å²) in [6.07, 6.45) is 5.70. The van der Waals surface area contributed by atoms with Crippen molar-refractivity contribution in [2.45, 2.75) is 45.1 Å². The molecule has 8 nitrogen and oxygen atoms in total. The number of rotatable bonds is 6. The zero-order chi connectivity index (χ0) is 22.5. The lowest BCUT2D eigenvalue weighted by atomic mass is 9.92. The maximum atomic E-state index is 14.9. The number of fused-ring (bicyclic) bond motifs is 1. The van der Waals surface area contributed by atoms with E-state index >= 15 is 0 Å².